The fourth-order valence-corrected chi connectivity index (χ4v) is 3.52. The van der Waals surface area contributed by atoms with E-state index in [4.69, 9.17) is 4.98 Å². The summed E-state index contributed by atoms with van der Waals surface area (Å²) >= 11 is 1.80. The quantitative estimate of drug-likeness (QED) is 0.911. The molecule has 1 aromatic carbocycles. The van der Waals surface area contributed by atoms with E-state index in [1.54, 1.807) is 11.3 Å². The van der Waals surface area contributed by atoms with Gasteiger partial charge in [0.2, 0.25) is 0 Å². The van der Waals surface area contributed by atoms with Crippen LogP contribution in [0.15, 0.2) is 24.3 Å². The van der Waals surface area contributed by atoms with Crippen LogP contribution >= 0.6 is 11.3 Å². The first-order valence-corrected chi connectivity index (χ1v) is 7.71. The number of aryl methyl sites for hydroxylation is 2. The normalized spacial score (nSPS) is 16.6. The Hall–Kier alpha value is -1.19. The van der Waals surface area contributed by atoms with E-state index in [0.717, 1.165) is 11.6 Å². The molecule has 0 bridgehead atoms. The Morgan fingerprint density at radius 3 is 2.68 bits per heavy atom. The summed E-state index contributed by atoms with van der Waals surface area (Å²) in [6, 6.07) is 9.22. The number of nitrogens with one attached hydrogen (secondary N) is 1. The van der Waals surface area contributed by atoms with Gasteiger partial charge in [-0.2, -0.15) is 0 Å². The van der Waals surface area contributed by atoms with Crippen LogP contribution < -0.4 is 5.32 Å². The van der Waals surface area contributed by atoms with Crippen LogP contribution in [0.3, 0.4) is 0 Å². The van der Waals surface area contributed by atoms with Gasteiger partial charge in [-0.3, -0.25) is 0 Å². The van der Waals surface area contributed by atoms with E-state index in [-0.39, 0.29) is 6.04 Å². The number of aromatic nitrogens is 1. The van der Waals surface area contributed by atoms with Crippen LogP contribution in [-0.4, -0.2) is 12.0 Å². The Balaban J connectivity index is 1.95. The molecule has 1 aliphatic rings. The zero-order valence-electron chi connectivity index (χ0n) is 11.7. The van der Waals surface area contributed by atoms with E-state index in [2.05, 4.69) is 43.4 Å². The third-order valence-corrected chi connectivity index (χ3v) is 5.01. The summed E-state index contributed by atoms with van der Waals surface area (Å²) in [6.07, 6.45) is 2.70. The summed E-state index contributed by atoms with van der Waals surface area (Å²) in [5.41, 5.74) is 3.97. The second-order valence-corrected chi connectivity index (χ2v) is 6.59. The van der Waals surface area contributed by atoms with E-state index in [9.17, 15) is 0 Å². The standard InChI is InChI=1S/C16H20N2S/c1-10-11(2)19-16(18-10)15(17-3)14-6-4-5-13(9-14)12-7-8-12/h4-6,9,12,15,17H,7-8H2,1-3H3. The molecule has 2 aromatic rings. The minimum Gasteiger partial charge on any atom is -0.307 e. The van der Waals surface area contributed by atoms with Gasteiger partial charge < -0.3 is 5.32 Å². The molecule has 0 saturated heterocycles. The van der Waals surface area contributed by atoms with Crippen molar-refractivity contribution < 1.29 is 0 Å². The van der Waals surface area contributed by atoms with E-state index in [1.807, 2.05) is 7.05 Å². The van der Waals surface area contributed by atoms with Crippen molar-refractivity contribution in [1.29, 1.82) is 0 Å². The largest absolute Gasteiger partial charge is 0.307 e. The molecule has 1 aliphatic carbocycles. The molecule has 1 atom stereocenters. The van der Waals surface area contributed by atoms with Gasteiger partial charge >= 0.3 is 0 Å². The van der Waals surface area contributed by atoms with Gasteiger partial charge in [0.25, 0.3) is 0 Å². The molecule has 19 heavy (non-hydrogen) atoms. The van der Waals surface area contributed by atoms with Crippen LogP contribution in [0, 0.1) is 13.8 Å². The van der Waals surface area contributed by atoms with Crippen molar-refractivity contribution in [3.63, 3.8) is 0 Å². The highest BCUT2D eigenvalue weighted by molar-refractivity contribution is 7.11. The average molecular weight is 272 g/mol. The predicted octanol–water partition coefficient (Wildman–Crippen LogP) is 3.95. The summed E-state index contributed by atoms with van der Waals surface area (Å²) in [7, 11) is 2.01. The lowest BCUT2D eigenvalue weighted by atomic mass is 10.0. The fourth-order valence-electron chi connectivity index (χ4n) is 2.46. The highest BCUT2D eigenvalue weighted by Gasteiger charge is 2.25. The topological polar surface area (TPSA) is 24.9 Å². The molecule has 1 heterocycles. The van der Waals surface area contributed by atoms with E-state index < -0.39 is 0 Å². The first-order chi connectivity index (χ1) is 9.19. The molecule has 1 aromatic heterocycles. The highest BCUT2D eigenvalue weighted by Crippen LogP contribution is 2.41. The van der Waals surface area contributed by atoms with Gasteiger partial charge in [0, 0.05) is 4.88 Å². The number of benzene rings is 1. The zero-order valence-corrected chi connectivity index (χ0v) is 12.6. The minimum atomic E-state index is 0.219. The van der Waals surface area contributed by atoms with Crippen molar-refractivity contribution in [3.05, 3.63) is 51.0 Å². The summed E-state index contributed by atoms with van der Waals surface area (Å²) < 4.78 is 0. The maximum absolute atomic E-state index is 4.70. The lowest BCUT2D eigenvalue weighted by molar-refractivity contribution is 0.683. The zero-order chi connectivity index (χ0) is 13.4. The van der Waals surface area contributed by atoms with Gasteiger partial charge in [-0.05, 0) is 50.8 Å². The molecular formula is C16H20N2S. The second kappa shape index (κ2) is 5.06. The van der Waals surface area contributed by atoms with Gasteiger partial charge in [0.15, 0.2) is 0 Å². The monoisotopic (exact) mass is 272 g/mol. The number of hydrogen-bond donors (Lipinski definition) is 1. The lowest BCUT2D eigenvalue weighted by Crippen LogP contribution is -2.17. The molecule has 0 aliphatic heterocycles. The number of thiazole rings is 1. The smallest absolute Gasteiger partial charge is 0.115 e. The van der Waals surface area contributed by atoms with Gasteiger partial charge in [-0.1, -0.05) is 24.3 Å². The number of nitrogens with zero attached hydrogens (tertiary/aromatic N) is 1. The molecule has 1 unspecified atom stereocenters. The molecule has 2 nitrogen and oxygen atoms in total. The minimum absolute atomic E-state index is 0.219. The molecule has 1 N–H and O–H groups in total. The molecule has 0 radical (unpaired) electrons. The first-order valence-electron chi connectivity index (χ1n) is 6.90. The van der Waals surface area contributed by atoms with Crippen LogP contribution in [0.5, 0.6) is 0 Å². The van der Waals surface area contributed by atoms with Crippen molar-refractivity contribution in [3.8, 4) is 0 Å². The Morgan fingerprint density at radius 1 is 1.32 bits per heavy atom. The van der Waals surface area contributed by atoms with Crippen LogP contribution in [0.2, 0.25) is 0 Å². The van der Waals surface area contributed by atoms with Gasteiger partial charge in [0.05, 0.1) is 11.7 Å². The molecular weight excluding hydrogens is 252 g/mol. The van der Waals surface area contributed by atoms with Gasteiger partial charge in [-0.25, -0.2) is 4.98 Å². The maximum Gasteiger partial charge on any atom is 0.115 e. The molecule has 3 rings (SSSR count). The lowest BCUT2D eigenvalue weighted by Gasteiger charge is -2.15. The van der Waals surface area contributed by atoms with Crippen molar-refractivity contribution in [2.45, 2.75) is 38.6 Å². The molecule has 0 amide bonds. The van der Waals surface area contributed by atoms with Crippen molar-refractivity contribution in [2.24, 2.45) is 0 Å². The number of rotatable bonds is 4. The molecule has 1 fully saturated rings. The second-order valence-electron chi connectivity index (χ2n) is 5.36. The Labute approximate surface area is 118 Å². The van der Waals surface area contributed by atoms with E-state index in [0.29, 0.717) is 0 Å². The third-order valence-electron chi connectivity index (χ3n) is 3.87. The number of hydrogen-bond acceptors (Lipinski definition) is 3. The first kappa shape index (κ1) is 12.8. The molecule has 1 saturated carbocycles. The summed E-state index contributed by atoms with van der Waals surface area (Å²) in [4.78, 5) is 6.02. The van der Waals surface area contributed by atoms with Gasteiger partial charge in [-0.15, -0.1) is 11.3 Å². The van der Waals surface area contributed by atoms with Crippen LogP contribution in [0.4, 0.5) is 0 Å². The highest BCUT2D eigenvalue weighted by atomic mass is 32.1. The Bertz CT molecular complexity index is 565. The third kappa shape index (κ3) is 2.58. The Kier molecular flexibility index (Phi) is 3.42. The van der Waals surface area contributed by atoms with Crippen LogP contribution in [0.25, 0.3) is 0 Å². The van der Waals surface area contributed by atoms with Crippen LogP contribution in [-0.2, 0) is 0 Å². The van der Waals surface area contributed by atoms with Crippen molar-refractivity contribution in [1.82, 2.24) is 10.3 Å². The van der Waals surface area contributed by atoms with Gasteiger partial charge in [0.1, 0.15) is 5.01 Å². The van der Waals surface area contributed by atoms with Crippen LogP contribution in [0.1, 0.15) is 51.5 Å². The average Bonchev–Trinajstić information content (AvgIpc) is 3.19. The molecule has 100 valence electrons. The molecule has 0 spiro atoms. The maximum atomic E-state index is 4.70. The summed E-state index contributed by atoms with van der Waals surface area (Å²) in [5, 5.41) is 4.58. The fraction of sp³-hybridized carbons (Fsp3) is 0.438. The summed E-state index contributed by atoms with van der Waals surface area (Å²) in [6.45, 7) is 4.23. The predicted molar refractivity (Wildman–Crippen MR) is 80.9 cm³/mol. The van der Waals surface area contributed by atoms with Crippen molar-refractivity contribution in [2.75, 3.05) is 7.05 Å². The van der Waals surface area contributed by atoms with E-state index in [1.165, 1.54) is 33.9 Å². The SMILES string of the molecule is CNC(c1cccc(C2CC2)c1)c1nc(C)c(C)s1. The Morgan fingerprint density at radius 2 is 2.11 bits per heavy atom. The van der Waals surface area contributed by atoms with Crippen molar-refractivity contribution >= 4 is 11.3 Å². The molecule has 3 heteroatoms. The van der Waals surface area contributed by atoms with E-state index >= 15 is 0 Å². The summed E-state index contributed by atoms with van der Waals surface area (Å²) in [5.74, 6) is 0.803.